The van der Waals surface area contributed by atoms with Gasteiger partial charge in [0.1, 0.15) is 0 Å². The van der Waals surface area contributed by atoms with Gasteiger partial charge in [-0.05, 0) is 30.4 Å². The van der Waals surface area contributed by atoms with E-state index >= 15 is 0 Å². The quantitative estimate of drug-likeness (QED) is 0.604. The third-order valence-corrected chi connectivity index (χ3v) is 3.10. The smallest absolute Gasteiger partial charge is 0.268 e. The number of hydrogen-bond acceptors (Lipinski definition) is 2. The van der Waals surface area contributed by atoms with Crippen molar-refractivity contribution in [1.82, 2.24) is 0 Å². The lowest BCUT2D eigenvalue weighted by molar-refractivity contribution is 0.276. The van der Waals surface area contributed by atoms with Gasteiger partial charge in [-0.3, -0.25) is 4.79 Å². The zero-order chi connectivity index (χ0) is 7.40. The monoisotopic (exact) mass is 178 g/mol. The Morgan fingerprint density at radius 2 is 2.10 bits per heavy atom. The molecule has 1 fully saturated rings. The summed E-state index contributed by atoms with van der Waals surface area (Å²) in [7, 11) is 0. The molecule has 1 aliphatic carbocycles. The molecule has 0 aromatic carbocycles. The molecule has 0 aromatic heterocycles. The van der Waals surface area contributed by atoms with Crippen molar-refractivity contribution < 1.29 is 4.79 Å². The summed E-state index contributed by atoms with van der Waals surface area (Å²) in [6.07, 6.45) is 5.25. The third kappa shape index (κ3) is 2.93. The molecular formula is C7H11ClOS. The van der Waals surface area contributed by atoms with Gasteiger partial charge in [-0.2, -0.15) is 0 Å². The summed E-state index contributed by atoms with van der Waals surface area (Å²) in [5.74, 6) is 1.69. The first kappa shape index (κ1) is 8.41. The van der Waals surface area contributed by atoms with Crippen molar-refractivity contribution in [2.24, 2.45) is 5.92 Å². The van der Waals surface area contributed by atoms with Crippen LogP contribution in [0.25, 0.3) is 0 Å². The topological polar surface area (TPSA) is 17.1 Å². The molecule has 1 nitrogen and oxygen atoms in total. The van der Waals surface area contributed by atoms with Gasteiger partial charge in [-0.15, -0.1) is 0 Å². The first-order valence-electron chi connectivity index (χ1n) is 3.61. The van der Waals surface area contributed by atoms with Crippen LogP contribution in [0.4, 0.5) is 4.79 Å². The second-order valence-electron chi connectivity index (χ2n) is 2.70. The van der Waals surface area contributed by atoms with Crippen LogP contribution in [0, 0.1) is 5.92 Å². The molecule has 1 aliphatic rings. The average molecular weight is 179 g/mol. The number of halogens is 1. The van der Waals surface area contributed by atoms with Gasteiger partial charge in [0.15, 0.2) is 0 Å². The molecule has 0 aromatic rings. The van der Waals surface area contributed by atoms with Gasteiger partial charge in [0.05, 0.1) is 0 Å². The summed E-state index contributed by atoms with van der Waals surface area (Å²) in [5.41, 5.74) is 0. The molecule has 0 bridgehead atoms. The number of thioether (sulfide) groups is 1. The second kappa shape index (κ2) is 4.24. The van der Waals surface area contributed by atoms with Gasteiger partial charge in [-0.25, -0.2) is 0 Å². The molecule has 0 heterocycles. The highest BCUT2D eigenvalue weighted by atomic mass is 35.5. The Morgan fingerprint density at radius 3 is 2.60 bits per heavy atom. The van der Waals surface area contributed by atoms with E-state index in [-0.39, 0.29) is 4.57 Å². The van der Waals surface area contributed by atoms with Crippen molar-refractivity contribution in [3.8, 4) is 0 Å². The Hall–Kier alpha value is 0.310. The average Bonchev–Trinajstić information content (AvgIpc) is 2.34. The number of hydrogen-bond donors (Lipinski definition) is 0. The van der Waals surface area contributed by atoms with Crippen LogP contribution in [0.15, 0.2) is 0 Å². The molecule has 10 heavy (non-hydrogen) atoms. The lowest BCUT2D eigenvalue weighted by Crippen LogP contribution is -1.97. The fourth-order valence-corrected chi connectivity index (χ4v) is 2.25. The van der Waals surface area contributed by atoms with Gasteiger partial charge < -0.3 is 0 Å². The van der Waals surface area contributed by atoms with Crippen LogP contribution in [0.3, 0.4) is 0 Å². The van der Waals surface area contributed by atoms with E-state index in [9.17, 15) is 4.79 Å². The van der Waals surface area contributed by atoms with Crippen molar-refractivity contribution >= 4 is 27.9 Å². The number of carbonyl (C=O) groups is 1. The minimum Gasteiger partial charge on any atom is -0.268 e. The Bertz CT molecular complexity index is 121. The van der Waals surface area contributed by atoms with Crippen LogP contribution < -0.4 is 0 Å². The highest BCUT2D eigenvalue weighted by Crippen LogP contribution is 2.28. The van der Waals surface area contributed by atoms with E-state index in [1.165, 1.54) is 37.4 Å². The van der Waals surface area contributed by atoms with Gasteiger partial charge >= 0.3 is 0 Å². The summed E-state index contributed by atoms with van der Waals surface area (Å²) in [6, 6.07) is 0. The predicted octanol–water partition coefficient (Wildman–Crippen LogP) is 3.27. The molecule has 0 aliphatic heterocycles. The Morgan fingerprint density at radius 1 is 1.50 bits per heavy atom. The van der Waals surface area contributed by atoms with E-state index in [0.717, 1.165) is 11.7 Å². The van der Waals surface area contributed by atoms with Gasteiger partial charge in [0.2, 0.25) is 0 Å². The van der Waals surface area contributed by atoms with Crippen molar-refractivity contribution in [3.05, 3.63) is 0 Å². The lowest BCUT2D eigenvalue weighted by atomic mass is 10.1. The van der Waals surface area contributed by atoms with Crippen LogP contribution in [0.1, 0.15) is 25.7 Å². The van der Waals surface area contributed by atoms with Crippen LogP contribution in [-0.4, -0.2) is 10.3 Å². The van der Waals surface area contributed by atoms with Crippen molar-refractivity contribution in [2.45, 2.75) is 25.7 Å². The predicted molar refractivity (Wildman–Crippen MR) is 45.7 cm³/mol. The minimum absolute atomic E-state index is 0.257. The molecule has 0 N–H and O–H groups in total. The molecule has 0 saturated heterocycles. The summed E-state index contributed by atoms with van der Waals surface area (Å²) in [4.78, 5) is 10.3. The first-order valence-corrected chi connectivity index (χ1v) is 4.97. The highest BCUT2D eigenvalue weighted by Gasteiger charge is 2.15. The molecular weight excluding hydrogens is 168 g/mol. The normalized spacial score (nSPS) is 19.7. The Balaban J connectivity index is 2.07. The van der Waals surface area contributed by atoms with Crippen molar-refractivity contribution in [1.29, 1.82) is 0 Å². The molecule has 0 amide bonds. The molecule has 1 rings (SSSR count). The largest absolute Gasteiger partial charge is 0.279 e. The SMILES string of the molecule is O=C(Cl)SCC1CCCC1. The molecule has 58 valence electrons. The van der Waals surface area contributed by atoms with Crippen molar-refractivity contribution in [3.63, 3.8) is 0 Å². The summed E-state index contributed by atoms with van der Waals surface area (Å²) in [6.45, 7) is 0. The number of rotatable bonds is 2. The first-order chi connectivity index (χ1) is 4.79. The zero-order valence-corrected chi connectivity index (χ0v) is 7.38. The fraction of sp³-hybridized carbons (Fsp3) is 0.857. The Kier molecular flexibility index (Phi) is 3.57. The Labute approximate surface area is 70.5 Å². The molecule has 3 heteroatoms. The third-order valence-electron chi connectivity index (χ3n) is 1.91. The molecule has 1 saturated carbocycles. The van der Waals surface area contributed by atoms with Crippen LogP contribution in [0.5, 0.6) is 0 Å². The second-order valence-corrected chi connectivity index (χ2v) is 4.26. The maximum absolute atomic E-state index is 10.3. The summed E-state index contributed by atoms with van der Waals surface area (Å²) >= 11 is 6.44. The molecule has 0 unspecified atom stereocenters. The van der Waals surface area contributed by atoms with Gasteiger partial charge in [0.25, 0.3) is 4.57 Å². The molecule has 0 radical (unpaired) electrons. The minimum atomic E-state index is -0.257. The molecule has 0 spiro atoms. The van der Waals surface area contributed by atoms with Crippen LogP contribution in [-0.2, 0) is 0 Å². The van der Waals surface area contributed by atoms with E-state index in [1.54, 1.807) is 0 Å². The van der Waals surface area contributed by atoms with E-state index in [4.69, 9.17) is 11.6 Å². The van der Waals surface area contributed by atoms with E-state index in [0.29, 0.717) is 0 Å². The van der Waals surface area contributed by atoms with Crippen LogP contribution >= 0.6 is 23.4 Å². The van der Waals surface area contributed by atoms with E-state index < -0.39 is 0 Å². The maximum Gasteiger partial charge on any atom is 0.279 e. The van der Waals surface area contributed by atoms with Crippen LogP contribution in [0.2, 0.25) is 0 Å². The van der Waals surface area contributed by atoms with E-state index in [1.807, 2.05) is 0 Å². The van der Waals surface area contributed by atoms with E-state index in [2.05, 4.69) is 0 Å². The maximum atomic E-state index is 10.3. The summed E-state index contributed by atoms with van der Waals surface area (Å²) < 4.78 is -0.257. The lowest BCUT2D eigenvalue weighted by Gasteiger charge is -2.03. The standard InChI is InChI=1S/C7H11ClOS/c8-7(9)10-5-6-3-1-2-4-6/h6H,1-5H2. The fourth-order valence-electron chi connectivity index (χ4n) is 1.36. The van der Waals surface area contributed by atoms with Gasteiger partial charge in [0, 0.05) is 5.75 Å². The zero-order valence-electron chi connectivity index (χ0n) is 5.81. The van der Waals surface area contributed by atoms with Crippen molar-refractivity contribution in [2.75, 3.05) is 5.75 Å². The number of carbonyl (C=O) groups excluding carboxylic acids is 1. The molecule has 0 atom stereocenters. The van der Waals surface area contributed by atoms with Gasteiger partial charge in [-0.1, -0.05) is 24.6 Å². The summed E-state index contributed by atoms with van der Waals surface area (Å²) in [5, 5.41) is 0. The highest BCUT2D eigenvalue weighted by molar-refractivity contribution is 8.16.